The number of halogens is 1. The van der Waals surface area contributed by atoms with Crippen LogP contribution in [0.4, 0.5) is 5.69 Å². The van der Waals surface area contributed by atoms with Crippen molar-refractivity contribution in [3.05, 3.63) is 32.3 Å². The van der Waals surface area contributed by atoms with Crippen LogP contribution in [0.15, 0.2) is 16.6 Å². The van der Waals surface area contributed by atoms with Crippen LogP contribution in [0.5, 0.6) is 5.75 Å². The fourth-order valence-corrected chi connectivity index (χ4v) is 1.78. The number of ether oxygens (including phenoxy) is 2. The lowest BCUT2D eigenvalue weighted by Gasteiger charge is -2.08. The van der Waals surface area contributed by atoms with Gasteiger partial charge in [0, 0.05) is 6.07 Å². The fourth-order valence-electron chi connectivity index (χ4n) is 1.15. The highest BCUT2D eigenvalue weighted by Crippen LogP contribution is 2.35. The molecule has 86 valence electrons. The van der Waals surface area contributed by atoms with E-state index in [1.807, 2.05) is 0 Å². The summed E-state index contributed by atoms with van der Waals surface area (Å²) in [6.07, 6.45) is 0. The third kappa shape index (κ3) is 2.13. The van der Waals surface area contributed by atoms with E-state index in [9.17, 15) is 14.9 Å². The number of nitro benzene ring substituents is 1. The van der Waals surface area contributed by atoms with E-state index in [0.29, 0.717) is 0 Å². The van der Waals surface area contributed by atoms with Crippen molar-refractivity contribution in [2.24, 2.45) is 0 Å². The molecule has 0 aliphatic carbocycles. The third-order valence-corrected chi connectivity index (χ3v) is 2.69. The molecule has 0 N–H and O–H groups in total. The van der Waals surface area contributed by atoms with E-state index < -0.39 is 10.9 Å². The maximum absolute atomic E-state index is 11.4. The van der Waals surface area contributed by atoms with Gasteiger partial charge in [0.05, 0.1) is 19.1 Å². The number of rotatable bonds is 3. The largest absolute Gasteiger partial charge is 0.496 e. The van der Waals surface area contributed by atoms with Gasteiger partial charge in [0.2, 0.25) is 0 Å². The SMILES string of the molecule is COC(=O)c1c(OC)ccc([N+](=O)[O-])c1Br. The van der Waals surface area contributed by atoms with Crippen molar-refractivity contribution in [2.45, 2.75) is 0 Å². The standard InChI is InChI=1S/C9H8BrNO5/c1-15-6-4-3-5(11(13)14)8(10)7(6)9(12)16-2/h3-4H,1-2H3. The molecule has 0 unspecified atom stereocenters. The number of carbonyl (C=O) groups is 1. The second kappa shape index (κ2) is 4.93. The summed E-state index contributed by atoms with van der Waals surface area (Å²) in [5.74, 6) is -0.489. The number of hydrogen-bond acceptors (Lipinski definition) is 5. The predicted molar refractivity (Wildman–Crippen MR) is 58.7 cm³/mol. The van der Waals surface area contributed by atoms with E-state index in [1.54, 1.807) is 0 Å². The lowest BCUT2D eigenvalue weighted by molar-refractivity contribution is -0.385. The fraction of sp³-hybridized carbons (Fsp3) is 0.222. The van der Waals surface area contributed by atoms with Crippen molar-refractivity contribution in [2.75, 3.05) is 14.2 Å². The smallest absolute Gasteiger partial charge is 0.343 e. The number of esters is 1. The van der Waals surface area contributed by atoms with Crippen LogP contribution in [0.1, 0.15) is 10.4 Å². The minimum absolute atomic E-state index is 0.000741. The normalized spacial score (nSPS) is 9.69. The summed E-state index contributed by atoms with van der Waals surface area (Å²) in [5.41, 5.74) is -0.222. The molecule has 0 atom stereocenters. The molecule has 16 heavy (non-hydrogen) atoms. The Balaban J connectivity index is 3.46. The molecule has 1 aromatic carbocycles. The molecular formula is C9H8BrNO5. The summed E-state index contributed by atoms with van der Waals surface area (Å²) in [4.78, 5) is 21.5. The van der Waals surface area contributed by atoms with Gasteiger partial charge in [-0.3, -0.25) is 10.1 Å². The molecule has 0 heterocycles. The van der Waals surface area contributed by atoms with Crippen molar-refractivity contribution in [1.82, 2.24) is 0 Å². The molecule has 0 amide bonds. The first kappa shape index (κ1) is 12.4. The van der Waals surface area contributed by atoms with E-state index in [0.717, 1.165) is 0 Å². The van der Waals surface area contributed by atoms with E-state index in [4.69, 9.17) is 4.74 Å². The molecule has 0 saturated carbocycles. The van der Waals surface area contributed by atoms with Crippen LogP contribution in [0.3, 0.4) is 0 Å². The average molecular weight is 290 g/mol. The highest BCUT2D eigenvalue weighted by Gasteiger charge is 2.24. The molecule has 0 aromatic heterocycles. The van der Waals surface area contributed by atoms with Gasteiger partial charge < -0.3 is 9.47 Å². The minimum Gasteiger partial charge on any atom is -0.496 e. The zero-order chi connectivity index (χ0) is 12.3. The van der Waals surface area contributed by atoms with Crippen LogP contribution in [0.2, 0.25) is 0 Å². The van der Waals surface area contributed by atoms with Gasteiger partial charge in [-0.25, -0.2) is 4.79 Å². The molecular weight excluding hydrogens is 282 g/mol. The van der Waals surface area contributed by atoms with Gasteiger partial charge in [-0.05, 0) is 22.0 Å². The highest BCUT2D eigenvalue weighted by atomic mass is 79.9. The summed E-state index contributed by atoms with van der Waals surface area (Å²) in [5, 5.41) is 10.7. The van der Waals surface area contributed by atoms with Crippen LogP contribution in [-0.2, 0) is 4.74 Å². The van der Waals surface area contributed by atoms with Gasteiger partial charge in [-0.2, -0.15) is 0 Å². The second-order valence-corrected chi connectivity index (χ2v) is 3.52. The van der Waals surface area contributed by atoms with Gasteiger partial charge >= 0.3 is 5.97 Å². The summed E-state index contributed by atoms with van der Waals surface area (Å²) < 4.78 is 9.50. The first-order valence-corrected chi connectivity index (χ1v) is 4.91. The van der Waals surface area contributed by atoms with Crippen molar-refractivity contribution in [1.29, 1.82) is 0 Å². The Morgan fingerprint density at radius 2 is 2.06 bits per heavy atom. The van der Waals surface area contributed by atoms with E-state index >= 15 is 0 Å². The summed E-state index contributed by atoms with van der Waals surface area (Å²) >= 11 is 2.99. The minimum atomic E-state index is -0.701. The quantitative estimate of drug-likeness (QED) is 0.484. The molecule has 7 heteroatoms. The van der Waals surface area contributed by atoms with Crippen molar-refractivity contribution >= 4 is 27.6 Å². The number of hydrogen-bond donors (Lipinski definition) is 0. The van der Waals surface area contributed by atoms with Crippen LogP contribution in [-0.4, -0.2) is 25.1 Å². The molecule has 1 aromatic rings. The second-order valence-electron chi connectivity index (χ2n) is 2.72. The van der Waals surface area contributed by atoms with Crippen molar-refractivity contribution < 1.29 is 19.2 Å². The van der Waals surface area contributed by atoms with Gasteiger partial charge in [0.1, 0.15) is 15.8 Å². The molecule has 0 bridgehead atoms. The van der Waals surface area contributed by atoms with E-state index in [-0.39, 0.29) is 21.5 Å². The van der Waals surface area contributed by atoms with Gasteiger partial charge in [0.25, 0.3) is 5.69 Å². The summed E-state index contributed by atoms with van der Waals surface area (Å²) in [7, 11) is 2.55. The number of benzene rings is 1. The van der Waals surface area contributed by atoms with Gasteiger partial charge in [0.15, 0.2) is 0 Å². The Kier molecular flexibility index (Phi) is 3.83. The Morgan fingerprint density at radius 1 is 1.44 bits per heavy atom. The molecule has 0 aliphatic heterocycles. The molecule has 0 saturated heterocycles. The lowest BCUT2D eigenvalue weighted by Crippen LogP contribution is -2.06. The molecule has 0 spiro atoms. The van der Waals surface area contributed by atoms with Crippen LogP contribution >= 0.6 is 15.9 Å². The van der Waals surface area contributed by atoms with Gasteiger partial charge in [-0.15, -0.1) is 0 Å². The monoisotopic (exact) mass is 289 g/mol. The summed E-state index contributed by atoms with van der Waals surface area (Å²) in [6.45, 7) is 0. The van der Waals surface area contributed by atoms with Crippen molar-refractivity contribution in [3.8, 4) is 5.75 Å². The number of carbonyl (C=O) groups excluding carboxylic acids is 1. The Bertz CT molecular complexity index is 446. The Morgan fingerprint density at radius 3 is 2.50 bits per heavy atom. The van der Waals surface area contributed by atoms with Crippen LogP contribution in [0.25, 0.3) is 0 Å². The summed E-state index contributed by atoms with van der Waals surface area (Å²) in [6, 6.07) is 2.59. The van der Waals surface area contributed by atoms with Crippen molar-refractivity contribution in [3.63, 3.8) is 0 Å². The molecule has 0 radical (unpaired) electrons. The van der Waals surface area contributed by atoms with Crippen LogP contribution < -0.4 is 4.74 Å². The average Bonchev–Trinajstić information content (AvgIpc) is 2.26. The third-order valence-electron chi connectivity index (χ3n) is 1.89. The van der Waals surface area contributed by atoms with Crippen LogP contribution in [0, 0.1) is 10.1 Å². The number of nitro groups is 1. The molecule has 0 aliphatic rings. The Labute approximate surface area is 99.4 Å². The topological polar surface area (TPSA) is 78.7 Å². The Hall–Kier alpha value is -1.63. The molecule has 6 nitrogen and oxygen atoms in total. The number of methoxy groups -OCH3 is 2. The maximum Gasteiger partial charge on any atom is 0.343 e. The molecule has 1 rings (SSSR count). The first-order chi connectivity index (χ1) is 7.52. The first-order valence-electron chi connectivity index (χ1n) is 4.12. The lowest BCUT2D eigenvalue weighted by atomic mass is 10.2. The number of nitrogens with zero attached hydrogens (tertiary/aromatic N) is 1. The van der Waals surface area contributed by atoms with E-state index in [2.05, 4.69) is 20.7 Å². The van der Waals surface area contributed by atoms with Gasteiger partial charge in [-0.1, -0.05) is 0 Å². The zero-order valence-electron chi connectivity index (χ0n) is 8.52. The molecule has 0 fully saturated rings. The highest BCUT2D eigenvalue weighted by molar-refractivity contribution is 9.10. The predicted octanol–water partition coefficient (Wildman–Crippen LogP) is 2.15. The zero-order valence-corrected chi connectivity index (χ0v) is 10.1. The van der Waals surface area contributed by atoms with E-state index in [1.165, 1.54) is 26.4 Å². The maximum atomic E-state index is 11.4.